The van der Waals surface area contributed by atoms with Crippen LogP contribution in [0.4, 0.5) is 10.5 Å². The van der Waals surface area contributed by atoms with Crippen LogP contribution in [0.2, 0.25) is 0 Å². The molecule has 17 heavy (non-hydrogen) atoms. The molecule has 0 unspecified atom stereocenters. The Labute approximate surface area is 116 Å². The van der Waals surface area contributed by atoms with Crippen LogP contribution in [0.5, 0.6) is 5.75 Å². The van der Waals surface area contributed by atoms with Crippen molar-refractivity contribution in [1.82, 2.24) is 5.32 Å². The van der Waals surface area contributed by atoms with E-state index in [2.05, 4.69) is 42.5 Å². The summed E-state index contributed by atoms with van der Waals surface area (Å²) < 4.78 is 6.67. The van der Waals surface area contributed by atoms with Crippen LogP contribution in [-0.4, -0.2) is 19.2 Å². The Morgan fingerprint density at radius 1 is 1.35 bits per heavy atom. The zero-order valence-electron chi connectivity index (χ0n) is 9.22. The first-order chi connectivity index (χ1) is 8.10. The van der Waals surface area contributed by atoms with Crippen LogP contribution in [0.25, 0.3) is 0 Å². The van der Waals surface area contributed by atoms with E-state index in [1.165, 1.54) is 0 Å². The smallest absolute Gasteiger partial charge is 0.319 e. The minimum absolute atomic E-state index is 0.181. The van der Waals surface area contributed by atoms with Gasteiger partial charge in [-0.15, -0.1) is 0 Å². The van der Waals surface area contributed by atoms with E-state index in [1.54, 1.807) is 19.2 Å². The van der Waals surface area contributed by atoms with E-state index in [-0.39, 0.29) is 6.03 Å². The van der Waals surface area contributed by atoms with Crippen molar-refractivity contribution >= 4 is 43.6 Å². The van der Waals surface area contributed by atoms with Gasteiger partial charge in [-0.2, -0.15) is 0 Å². The van der Waals surface area contributed by atoms with E-state index >= 15 is 0 Å². The molecule has 0 heterocycles. The van der Waals surface area contributed by atoms with Gasteiger partial charge in [-0.3, -0.25) is 0 Å². The molecule has 2 amide bonds. The van der Waals surface area contributed by atoms with Crippen LogP contribution >= 0.6 is 31.9 Å². The molecule has 1 aromatic carbocycles. The number of anilines is 1. The SMILES string of the molecule is COc1cc(Br)c(NC(=O)NC2CC2)c(Br)c1. The molecule has 1 aliphatic rings. The highest BCUT2D eigenvalue weighted by Gasteiger charge is 2.23. The Kier molecular flexibility index (Phi) is 3.93. The highest BCUT2D eigenvalue weighted by atomic mass is 79.9. The zero-order valence-corrected chi connectivity index (χ0v) is 12.4. The number of urea groups is 1. The molecule has 2 N–H and O–H groups in total. The molecule has 0 aromatic heterocycles. The van der Waals surface area contributed by atoms with Gasteiger partial charge in [0, 0.05) is 15.0 Å². The molecule has 6 heteroatoms. The van der Waals surface area contributed by atoms with Crippen LogP contribution in [-0.2, 0) is 0 Å². The predicted octanol–water partition coefficient (Wildman–Crippen LogP) is 3.50. The standard InChI is InChI=1S/C11H12Br2N2O2/c1-17-7-4-8(12)10(9(13)5-7)15-11(16)14-6-2-3-6/h4-6H,2-3H2,1H3,(H2,14,15,16). The lowest BCUT2D eigenvalue weighted by Crippen LogP contribution is -2.30. The predicted molar refractivity (Wildman–Crippen MR) is 73.6 cm³/mol. The second-order valence-corrected chi connectivity index (χ2v) is 5.55. The number of amides is 2. The fourth-order valence-corrected chi connectivity index (χ4v) is 2.69. The molecule has 0 bridgehead atoms. The van der Waals surface area contributed by atoms with Gasteiger partial charge in [0.25, 0.3) is 0 Å². The molecule has 4 nitrogen and oxygen atoms in total. The van der Waals surface area contributed by atoms with E-state index in [4.69, 9.17) is 4.74 Å². The topological polar surface area (TPSA) is 50.4 Å². The minimum atomic E-state index is -0.181. The molecule has 0 saturated heterocycles. The van der Waals surface area contributed by atoms with Crippen LogP contribution < -0.4 is 15.4 Å². The summed E-state index contributed by atoms with van der Waals surface area (Å²) >= 11 is 6.79. The van der Waals surface area contributed by atoms with Crippen molar-refractivity contribution in [2.45, 2.75) is 18.9 Å². The third kappa shape index (κ3) is 3.35. The van der Waals surface area contributed by atoms with E-state index in [0.717, 1.165) is 27.5 Å². The minimum Gasteiger partial charge on any atom is -0.497 e. The average Bonchev–Trinajstić information content (AvgIpc) is 3.07. The van der Waals surface area contributed by atoms with Crippen molar-refractivity contribution in [2.75, 3.05) is 12.4 Å². The first-order valence-corrected chi connectivity index (χ1v) is 6.79. The highest BCUT2D eigenvalue weighted by molar-refractivity contribution is 9.11. The summed E-state index contributed by atoms with van der Waals surface area (Å²) in [4.78, 5) is 11.6. The molecular formula is C11H12Br2N2O2. The van der Waals surface area contributed by atoms with E-state index in [1.807, 2.05) is 0 Å². The summed E-state index contributed by atoms with van der Waals surface area (Å²) in [6.45, 7) is 0. The molecule has 0 aliphatic heterocycles. The quantitative estimate of drug-likeness (QED) is 0.863. The van der Waals surface area contributed by atoms with E-state index in [9.17, 15) is 4.79 Å². The summed E-state index contributed by atoms with van der Waals surface area (Å²) in [5.41, 5.74) is 0.698. The summed E-state index contributed by atoms with van der Waals surface area (Å²) in [5, 5.41) is 5.66. The van der Waals surface area contributed by atoms with Crippen LogP contribution in [0.15, 0.2) is 21.1 Å². The third-order valence-corrected chi connectivity index (χ3v) is 3.65. The van der Waals surface area contributed by atoms with Crippen molar-refractivity contribution in [3.05, 3.63) is 21.1 Å². The van der Waals surface area contributed by atoms with Gasteiger partial charge in [-0.25, -0.2) is 4.79 Å². The average molecular weight is 364 g/mol. The normalized spacial score (nSPS) is 14.3. The van der Waals surface area contributed by atoms with Gasteiger partial charge in [0.05, 0.1) is 12.8 Å². The number of hydrogen-bond acceptors (Lipinski definition) is 2. The lowest BCUT2D eigenvalue weighted by atomic mass is 10.3. The maximum Gasteiger partial charge on any atom is 0.319 e. The van der Waals surface area contributed by atoms with Gasteiger partial charge < -0.3 is 15.4 Å². The largest absolute Gasteiger partial charge is 0.497 e. The molecule has 0 atom stereocenters. The number of halogens is 2. The second-order valence-electron chi connectivity index (χ2n) is 3.84. The van der Waals surface area contributed by atoms with Gasteiger partial charge in [0.1, 0.15) is 5.75 Å². The number of nitrogens with one attached hydrogen (secondary N) is 2. The Hall–Kier alpha value is -0.750. The van der Waals surface area contributed by atoms with Crippen molar-refractivity contribution in [3.8, 4) is 5.75 Å². The summed E-state index contributed by atoms with van der Waals surface area (Å²) in [6, 6.07) is 3.76. The summed E-state index contributed by atoms with van der Waals surface area (Å²) in [7, 11) is 1.60. The monoisotopic (exact) mass is 362 g/mol. The molecule has 1 aliphatic carbocycles. The highest BCUT2D eigenvalue weighted by Crippen LogP contribution is 2.35. The molecule has 92 valence electrons. The fourth-order valence-electron chi connectivity index (χ4n) is 1.35. The molecule has 2 rings (SSSR count). The first kappa shape index (κ1) is 12.7. The second kappa shape index (κ2) is 5.27. The van der Waals surface area contributed by atoms with Gasteiger partial charge in [-0.05, 0) is 56.8 Å². The Morgan fingerprint density at radius 3 is 2.41 bits per heavy atom. The number of hydrogen-bond donors (Lipinski definition) is 2. The van der Waals surface area contributed by atoms with Crippen molar-refractivity contribution in [1.29, 1.82) is 0 Å². The molecule has 0 spiro atoms. The number of ether oxygens (including phenoxy) is 1. The van der Waals surface area contributed by atoms with Gasteiger partial charge in [0.15, 0.2) is 0 Å². The lowest BCUT2D eigenvalue weighted by molar-refractivity contribution is 0.251. The van der Waals surface area contributed by atoms with Crippen molar-refractivity contribution in [2.24, 2.45) is 0 Å². The zero-order chi connectivity index (χ0) is 12.4. The van der Waals surface area contributed by atoms with Crippen LogP contribution in [0.3, 0.4) is 0 Å². The maximum absolute atomic E-state index is 11.6. The van der Waals surface area contributed by atoms with Gasteiger partial charge in [-0.1, -0.05) is 0 Å². The van der Waals surface area contributed by atoms with Crippen LogP contribution in [0.1, 0.15) is 12.8 Å². The molecule has 1 fully saturated rings. The van der Waals surface area contributed by atoms with Crippen molar-refractivity contribution < 1.29 is 9.53 Å². The van der Waals surface area contributed by atoms with Gasteiger partial charge >= 0.3 is 6.03 Å². The number of carbonyl (C=O) groups excluding carboxylic acids is 1. The van der Waals surface area contributed by atoms with E-state index < -0.39 is 0 Å². The Morgan fingerprint density at radius 2 is 1.94 bits per heavy atom. The lowest BCUT2D eigenvalue weighted by Gasteiger charge is -2.12. The Balaban J connectivity index is 2.11. The molecular weight excluding hydrogens is 352 g/mol. The molecule has 1 saturated carbocycles. The van der Waals surface area contributed by atoms with Crippen molar-refractivity contribution in [3.63, 3.8) is 0 Å². The number of benzene rings is 1. The van der Waals surface area contributed by atoms with E-state index in [0.29, 0.717) is 11.7 Å². The molecule has 0 radical (unpaired) electrons. The summed E-state index contributed by atoms with van der Waals surface area (Å²) in [5.74, 6) is 0.719. The van der Waals surface area contributed by atoms with Crippen LogP contribution in [0, 0.1) is 0 Å². The Bertz CT molecular complexity index is 424. The first-order valence-electron chi connectivity index (χ1n) is 5.20. The number of carbonyl (C=O) groups is 1. The molecule has 1 aromatic rings. The fraction of sp³-hybridized carbons (Fsp3) is 0.364. The number of methoxy groups -OCH3 is 1. The third-order valence-electron chi connectivity index (χ3n) is 2.40. The summed E-state index contributed by atoms with van der Waals surface area (Å²) in [6.07, 6.45) is 2.14. The maximum atomic E-state index is 11.6. The van der Waals surface area contributed by atoms with Gasteiger partial charge in [0.2, 0.25) is 0 Å². The number of rotatable bonds is 3.